The highest BCUT2D eigenvalue weighted by molar-refractivity contribution is 5.67. The number of carbonyl (C=O) groups is 2. The monoisotopic (exact) mass is 343 g/mol. The Hall–Kier alpha value is -3.22. The van der Waals surface area contributed by atoms with Crippen LogP contribution in [0.2, 0.25) is 0 Å². The SMILES string of the molecule is CN=NC(=O)OCc1ccccc1.CNC(=O)OCc1ccccc1. The molecule has 0 fully saturated rings. The van der Waals surface area contributed by atoms with E-state index in [0.717, 1.165) is 11.1 Å². The van der Waals surface area contributed by atoms with Crippen LogP contribution in [0.1, 0.15) is 11.1 Å². The van der Waals surface area contributed by atoms with Gasteiger partial charge in [0.2, 0.25) is 0 Å². The Morgan fingerprint density at radius 3 is 1.80 bits per heavy atom. The van der Waals surface area contributed by atoms with Gasteiger partial charge in [0.25, 0.3) is 0 Å². The first-order chi connectivity index (χ1) is 12.2. The van der Waals surface area contributed by atoms with Gasteiger partial charge in [-0.05, 0) is 11.1 Å². The molecule has 2 aromatic rings. The Morgan fingerprint density at radius 2 is 1.36 bits per heavy atom. The van der Waals surface area contributed by atoms with Crippen molar-refractivity contribution in [1.82, 2.24) is 5.32 Å². The van der Waals surface area contributed by atoms with Gasteiger partial charge in [-0.1, -0.05) is 65.8 Å². The number of rotatable bonds is 4. The largest absolute Gasteiger partial charge is 0.452 e. The van der Waals surface area contributed by atoms with Gasteiger partial charge < -0.3 is 14.8 Å². The molecule has 7 heteroatoms. The number of nitrogens with zero attached hydrogens (tertiary/aromatic N) is 2. The molecule has 0 aliphatic heterocycles. The molecule has 0 spiro atoms. The summed E-state index contributed by atoms with van der Waals surface area (Å²) in [4.78, 5) is 21.4. The molecule has 0 saturated heterocycles. The van der Waals surface area contributed by atoms with Gasteiger partial charge in [0.15, 0.2) is 0 Å². The molecule has 1 N–H and O–H groups in total. The lowest BCUT2D eigenvalue weighted by Crippen LogP contribution is -2.18. The molecule has 2 aromatic carbocycles. The number of azo groups is 1. The summed E-state index contributed by atoms with van der Waals surface area (Å²) in [6, 6.07) is 18.9. The first-order valence-corrected chi connectivity index (χ1v) is 7.54. The summed E-state index contributed by atoms with van der Waals surface area (Å²) in [5.74, 6) is 0. The molecule has 0 atom stereocenters. The van der Waals surface area contributed by atoms with Crippen molar-refractivity contribution in [2.75, 3.05) is 14.1 Å². The molecule has 7 nitrogen and oxygen atoms in total. The molecule has 0 bridgehead atoms. The molecule has 0 aliphatic carbocycles. The van der Waals surface area contributed by atoms with Crippen LogP contribution in [0.25, 0.3) is 0 Å². The number of nitrogens with one attached hydrogen (secondary N) is 1. The molecule has 0 unspecified atom stereocenters. The van der Waals surface area contributed by atoms with Crippen molar-refractivity contribution in [2.24, 2.45) is 10.2 Å². The van der Waals surface area contributed by atoms with Gasteiger partial charge in [-0.15, -0.1) is 0 Å². The van der Waals surface area contributed by atoms with Gasteiger partial charge in [-0.2, -0.15) is 5.11 Å². The summed E-state index contributed by atoms with van der Waals surface area (Å²) in [7, 11) is 2.96. The van der Waals surface area contributed by atoms with Crippen molar-refractivity contribution in [3.63, 3.8) is 0 Å². The van der Waals surface area contributed by atoms with E-state index in [-0.39, 0.29) is 6.61 Å². The van der Waals surface area contributed by atoms with Gasteiger partial charge in [0.1, 0.15) is 13.2 Å². The predicted molar refractivity (Wildman–Crippen MR) is 93.1 cm³/mol. The van der Waals surface area contributed by atoms with Crippen LogP contribution in [0.3, 0.4) is 0 Å². The third kappa shape index (κ3) is 9.50. The van der Waals surface area contributed by atoms with Gasteiger partial charge in [-0.3, -0.25) is 0 Å². The van der Waals surface area contributed by atoms with Crippen molar-refractivity contribution in [2.45, 2.75) is 13.2 Å². The quantitative estimate of drug-likeness (QED) is 0.851. The minimum absolute atomic E-state index is 0.235. The van der Waals surface area contributed by atoms with E-state index in [4.69, 9.17) is 9.47 Å². The van der Waals surface area contributed by atoms with Crippen molar-refractivity contribution in [3.05, 3.63) is 71.8 Å². The molecule has 0 heterocycles. The fourth-order valence-corrected chi connectivity index (χ4v) is 1.63. The normalized spacial score (nSPS) is 9.68. The maximum absolute atomic E-state index is 10.7. The summed E-state index contributed by atoms with van der Waals surface area (Å²) < 4.78 is 9.60. The molecular formula is C18H21N3O4. The number of carbonyl (C=O) groups excluding carboxylic acids is 2. The second kappa shape index (κ2) is 12.2. The molecule has 0 radical (unpaired) electrons. The van der Waals surface area contributed by atoms with Crippen LogP contribution >= 0.6 is 0 Å². The van der Waals surface area contributed by atoms with E-state index in [1.807, 2.05) is 60.7 Å². The van der Waals surface area contributed by atoms with E-state index < -0.39 is 12.2 Å². The van der Waals surface area contributed by atoms with E-state index >= 15 is 0 Å². The van der Waals surface area contributed by atoms with Crippen LogP contribution in [-0.4, -0.2) is 26.3 Å². The third-order valence-electron chi connectivity index (χ3n) is 2.80. The highest BCUT2D eigenvalue weighted by Crippen LogP contribution is 2.01. The van der Waals surface area contributed by atoms with Crippen molar-refractivity contribution >= 4 is 12.2 Å². The number of alkyl carbamates (subject to hydrolysis) is 1. The zero-order valence-corrected chi connectivity index (χ0v) is 14.2. The second-order valence-electron chi connectivity index (χ2n) is 4.65. The number of benzene rings is 2. The molecule has 0 aromatic heterocycles. The maximum atomic E-state index is 10.7. The smallest absolute Gasteiger partial charge is 0.445 e. The third-order valence-corrected chi connectivity index (χ3v) is 2.80. The highest BCUT2D eigenvalue weighted by Gasteiger charge is 1.99. The molecule has 0 saturated carbocycles. The van der Waals surface area contributed by atoms with Gasteiger partial charge >= 0.3 is 12.2 Å². The van der Waals surface area contributed by atoms with Crippen molar-refractivity contribution in [1.29, 1.82) is 0 Å². The van der Waals surface area contributed by atoms with Crippen molar-refractivity contribution < 1.29 is 19.1 Å². The summed E-state index contributed by atoms with van der Waals surface area (Å²) >= 11 is 0. The Balaban J connectivity index is 0.000000251. The summed E-state index contributed by atoms with van der Waals surface area (Å²) in [6.07, 6.45) is -1.06. The first-order valence-electron chi connectivity index (χ1n) is 7.54. The fourth-order valence-electron chi connectivity index (χ4n) is 1.63. The Labute approximate surface area is 146 Å². The van der Waals surface area contributed by atoms with Crippen LogP contribution in [0.5, 0.6) is 0 Å². The van der Waals surface area contributed by atoms with E-state index in [1.165, 1.54) is 14.1 Å². The number of hydrogen-bond acceptors (Lipinski definition) is 5. The van der Waals surface area contributed by atoms with Gasteiger partial charge in [0.05, 0.1) is 0 Å². The van der Waals surface area contributed by atoms with E-state index in [1.54, 1.807) is 0 Å². The molecule has 25 heavy (non-hydrogen) atoms. The van der Waals surface area contributed by atoms with Crippen LogP contribution in [0, 0.1) is 0 Å². The summed E-state index contributed by atoms with van der Waals surface area (Å²) in [5, 5.41) is 8.88. The molecular weight excluding hydrogens is 322 g/mol. The molecule has 0 aliphatic rings. The molecule has 2 rings (SSSR count). The number of ether oxygens (including phenoxy) is 2. The Bertz CT molecular complexity index is 661. The average Bonchev–Trinajstić information content (AvgIpc) is 2.67. The lowest BCUT2D eigenvalue weighted by Gasteiger charge is -2.02. The average molecular weight is 343 g/mol. The minimum Gasteiger partial charge on any atom is -0.445 e. The van der Waals surface area contributed by atoms with Crippen LogP contribution in [0.15, 0.2) is 70.9 Å². The lowest BCUT2D eigenvalue weighted by molar-refractivity contribution is 0.142. The summed E-state index contributed by atoms with van der Waals surface area (Å²) in [5.41, 5.74) is 1.92. The van der Waals surface area contributed by atoms with Crippen LogP contribution in [-0.2, 0) is 22.7 Å². The van der Waals surface area contributed by atoms with Crippen LogP contribution < -0.4 is 5.32 Å². The van der Waals surface area contributed by atoms with Crippen molar-refractivity contribution in [3.8, 4) is 0 Å². The van der Waals surface area contributed by atoms with Crippen LogP contribution in [0.4, 0.5) is 9.59 Å². The molecule has 2 amide bonds. The maximum Gasteiger partial charge on any atom is 0.452 e. The highest BCUT2D eigenvalue weighted by atomic mass is 16.6. The first kappa shape index (κ1) is 19.8. The topological polar surface area (TPSA) is 89.4 Å². The predicted octanol–water partition coefficient (Wildman–Crippen LogP) is 3.95. The van der Waals surface area contributed by atoms with E-state index in [0.29, 0.717) is 6.61 Å². The fraction of sp³-hybridized carbons (Fsp3) is 0.222. The zero-order valence-electron chi connectivity index (χ0n) is 14.2. The van der Waals surface area contributed by atoms with Gasteiger partial charge in [0, 0.05) is 14.1 Å². The Morgan fingerprint density at radius 1 is 0.880 bits per heavy atom. The van der Waals surface area contributed by atoms with Gasteiger partial charge in [-0.25, -0.2) is 9.59 Å². The lowest BCUT2D eigenvalue weighted by atomic mass is 10.2. The second-order valence-corrected chi connectivity index (χ2v) is 4.65. The Kier molecular flexibility index (Phi) is 9.70. The zero-order chi connectivity index (χ0) is 18.3. The van der Waals surface area contributed by atoms with E-state index in [9.17, 15) is 9.59 Å². The summed E-state index contributed by atoms with van der Waals surface area (Å²) in [6.45, 7) is 0.555. The minimum atomic E-state index is -0.661. The van der Waals surface area contributed by atoms with E-state index in [2.05, 4.69) is 15.5 Å². The standard InChI is InChI=1S/C9H10N2O2.C9H11NO2/c1-10-11-9(12)13-7-8-5-3-2-4-6-8;1-10-9(11)12-7-8-5-3-2-4-6-8/h2-6H,7H2,1H3;2-6H,7H2,1H3,(H,10,11). The number of hydrogen-bond donors (Lipinski definition) is 1. The molecule has 132 valence electrons. The number of amides is 2.